The smallest absolute Gasteiger partial charge is 0.337 e. The van der Waals surface area contributed by atoms with Crippen molar-refractivity contribution >= 4 is 17.5 Å². The summed E-state index contributed by atoms with van der Waals surface area (Å²) in [5, 5.41) is 17.1. The van der Waals surface area contributed by atoms with Gasteiger partial charge in [-0.3, -0.25) is 0 Å². The standard InChI is InChI=1S/C18H17N3O2/c1-12-7-6-10-15(18(22)23)17(12)19-16-11-13(2)20-21(16)14-8-4-3-5-9-14/h3-11,19H,1-2H3,(H,22,23). The number of carboxylic acids is 1. The predicted octanol–water partition coefficient (Wildman–Crippen LogP) is 3.93. The second-order valence-electron chi connectivity index (χ2n) is 5.35. The van der Waals surface area contributed by atoms with E-state index in [-0.39, 0.29) is 5.56 Å². The second-order valence-corrected chi connectivity index (χ2v) is 5.35. The average Bonchev–Trinajstić information content (AvgIpc) is 2.90. The first-order valence-electron chi connectivity index (χ1n) is 7.28. The molecule has 1 heterocycles. The molecule has 0 bridgehead atoms. The fourth-order valence-corrected chi connectivity index (χ4v) is 2.49. The Labute approximate surface area is 134 Å². The summed E-state index contributed by atoms with van der Waals surface area (Å²) in [6.45, 7) is 3.78. The number of rotatable bonds is 4. The Morgan fingerprint density at radius 3 is 2.52 bits per heavy atom. The molecule has 3 rings (SSSR count). The maximum atomic E-state index is 11.5. The zero-order chi connectivity index (χ0) is 16.4. The number of para-hydroxylation sites is 2. The lowest BCUT2D eigenvalue weighted by atomic mass is 10.1. The normalized spacial score (nSPS) is 10.5. The first kappa shape index (κ1) is 14.8. The molecule has 2 N–H and O–H groups in total. The monoisotopic (exact) mass is 307 g/mol. The van der Waals surface area contributed by atoms with Gasteiger partial charge in [-0.25, -0.2) is 9.48 Å². The minimum atomic E-state index is -0.960. The Morgan fingerprint density at radius 1 is 1.09 bits per heavy atom. The van der Waals surface area contributed by atoms with E-state index in [9.17, 15) is 9.90 Å². The molecule has 23 heavy (non-hydrogen) atoms. The van der Waals surface area contributed by atoms with E-state index in [0.29, 0.717) is 5.69 Å². The molecule has 0 fully saturated rings. The predicted molar refractivity (Wildman–Crippen MR) is 89.7 cm³/mol. The molecular formula is C18H17N3O2. The number of nitrogens with zero attached hydrogens (tertiary/aromatic N) is 2. The van der Waals surface area contributed by atoms with Crippen LogP contribution in [-0.2, 0) is 0 Å². The van der Waals surface area contributed by atoms with E-state index < -0.39 is 5.97 Å². The summed E-state index contributed by atoms with van der Waals surface area (Å²) in [7, 11) is 0. The van der Waals surface area contributed by atoms with Gasteiger partial charge in [0.15, 0.2) is 0 Å². The molecule has 0 unspecified atom stereocenters. The Balaban J connectivity index is 2.07. The molecule has 116 valence electrons. The van der Waals surface area contributed by atoms with Gasteiger partial charge in [0, 0.05) is 6.07 Å². The number of nitrogens with one attached hydrogen (secondary N) is 1. The highest BCUT2D eigenvalue weighted by molar-refractivity contribution is 5.96. The number of carbonyl (C=O) groups is 1. The Kier molecular flexibility index (Phi) is 3.85. The van der Waals surface area contributed by atoms with Gasteiger partial charge in [0.2, 0.25) is 0 Å². The maximum Gasteiger partial charge on any atom is 0.337 e. The number of aryl methyl sites for hydroxylation is 2. The van der Waals surface area contributed by atoms with Crippen LogP contribution in [0.15, 0.2) is 54.6 Å². The number of benzene rings is 2. The van der Waals surface area contributed by atoms with E-state index in [1.165, 1.54) is 0 Å². The van der Waals surface area contributed by atoms with Crippen LogP contribution in [0.4, 0.5) is 11.5 Å². The lowest BCUT2D eigenvalue weighted by Crippen LogP contribution is -2.08. The van der Waals surface area contributed by atoms with Crippen molar-refractivity contribution in [2.45, 2.75) is 13.8 Å². The van der Waals surface area contributed by atoms with Crippen molar-refractivity contribution in [1.29, 1.82) is 0 Å². The molecule has 0 spiro atoms. The maximum absolute atomic E-state index is 11.5. The summed E-state index contributed by atoms with van der Waals surface area (Å²) >= 11 is 0. The van der Waals surface area contributed by atoms with Gasteiger partial charge in [0.25, 0.3) is 0 Å². The van der Waals surface area contributed by atoms with Gasteiger partial charge in [0.05, 0.1) is 22.6 Å². The van der Waals surface area contributed by atoms with Gasteiger partial charge in [-0.2, -0.15) is 5.10 Å². The molecule has 0 aliphatic heterocycles. The highest BCUT2D eigenvalue weighted by Crippen LogP contribution is 2.27. The second kappa shape index (κ2) is 5.96. The highest BCUT2D eigenvalue weighted by Gasteiger charge is 2.15. The Hall–Kier alpha value is -3.08. The SMILES string of the molecule is Cc1cc(Nc2c(C)cccc2C(=O)O)n(-c2ccccc2)n1. The molecule has 0 radical (unpaired) electrons. The number of hydrogen-bond acceptors (Lipinski definition) is 3. The molecule has 0 amide bonds. The number of hydrogen-bond donors (Lipinski definition) is 2. The van der Waals surface area contributed by atoms with Gasteiger partial charge < -0.3 is 10.4 Å². The van der Waals surface area contributed by atoms with Gasteiger partial charge in [-0.05, 0) is 37.6 Å². The van der Waals surface area contributed by atoms with Crippen molar-refractivity contribution in [2.24, 2.45) is 0 Å². The largest absolute Gasteiger partial charge is 0.478 e. The van der Waals surface area contributed by atoms with Crippen molar-refractivity contribution in [2.75, 3.05) is 5.32 Å². The molecule has 0 aliphatic carbocycles. The molecule has 0 saturated heterocycles. The number of anilines is 2. The first-order chi connectivity index (χ1) is 11.1. The third-order valence-corrected chi connectivity index (χ3v) is 3.59. The minimum Gasteiger partial charge on any atom is -0.478 e. The van der Waals surface area contributed by atoms with Crippen molar-refractivity contribution in [3.05, 3.63) is 71.4 Å². The Bertz CT molecular complexity index is 854. The summed E-state index contributed by atoms with van der Waals surface area (Å²) in [4.78, 5) is 11.5. The first-order valence-corrected chi connectivity index (χ1v) is 7.28. The van der Waals surface area contributed by atoms with E-state index in [2.05, 4.69) is 10.4 Å². The average molecular weight is 307 g/mol. The number of aromatic nitrogens is 2. The summed E-state index contributed by atoms with van der Waals surface area (Å²) < 4.78 is 1.77. The van der Waals surface area contributed by atoms with Crippen LogP contribution < -0.4 is 5.32 Å². The minimum absolute atomic E-state index is 0.239. The Morgan fingerprint density at radius 2 is 1.83 bits per heavy atom. The topological polar surface area (TPSA) is 67.2 Å². The van der Waals surface area contributed by atoms with Crippen molar-refractivity contribution < 1.29 is 9.90 Å². The molecule has 0 saturated carbocycles. The van der Waals surface area contributed by atoms with E-state index in [0.717, 1.165) is 22.8 Å². The fraction of sp³-hybridized carbons (Fsp3) is 0.111. The molecule has 1 aromatic heterocycles. The molecule has 3 aromatic rings. The number of carboxylic acid groups (broad SMARTS) is 1. The third-order valence-electron chi connectivity index (χ3n) is 3.59. The molecule has 2 aromatic carbocycles. The molecule has 0 aliphatic rings. The third kappa shape index (κ3) is 2.94. The van der Waals surface area contributed by atoms with Crippen molar-refractivity contribution in [1.82, 2.24) is 9.78 Å². The van der Waals surface area contributed by atoms with Crippen LogP contribution in [0.3, 0.4) is 0 Å². The highest BCUT2D eigenvalue weighted by atomic mass is 16.4. The van der Waals surface area contributed by atoms with Crippen LogP contribution >= 0.6 is 0 Å². The van der Waals surface area contributed by atoms with E-state index >= 15 is 0 Å². The van der Waals surface area contributed by atoms with E-state index in [4.69, 9.17) is 0 Å². The quantitative estimate of drug-likeness (QED) is 0.766. The zero-order valence-corrected chi connectivity index (χ0v) is 12.9. The van der Waals surface area contributed by atoms with Gasteiger partial charge in [0.1, 0.15) is 5.82 Å². The van der Waals surface area contributed by atoms with Gasteiger partial charge in [-0.15, -0.1) is 0 Å². The lowest BCUT2D eigenvalue weighted by molar-refractivity contribution is 0.0698. The van der Waals surface area contributed by atoms with Crippen LogP contribution in [-0.4, -0.2) is 20.9 Å². The number of aromatic carboxylic acids is 1. The molecule has 5 heteroatoms. The van der Waals surface area contributed by atoms with Crippen LogP contribution in [0.2, 0.25) is 0 Å². The zero-order valence-electron chi connectivity index (χ0n) is 12.9. The van der Waals surface area contributed by atoms with Crippen molar-refractivity contribution in [3.8, 4) is 5.69 Å². The van der Waals surface area contributed by atoms with Crippen molar-refractivity contribution in [3.63, 3.8) is 0 Å². The van der Waals surface area contributed by atoms with Gasteiger partial charge in [-0.1, -0.05) is 30.3 Å². The lowest BCUT2D eigenvalue weighted by Gasteiger charge is -2.14. The summed E-state index contributed by atoms with van der Waals surface area (Å²) in [5.74, 6) is -0.232. The summed E-state index contributed by atoms with van der Waals surface area (Å²) in [5.41, 5.74) is 3.44. The molecular weight excluding hydrogens is 290 g/mol. The van der Waals surface area contributed by atoms with E-state index in [1.807, 2.05) is 56.3 Å². The van der Waals surface area contributed by atoms with E-state index in [1.54, 1.807) is 16.8 Å². The van der Waals surface area contributed by atoms with Crippen LogP contribution in [0.1, 0.15) is 21.6 Å². The molecule has 0 atom stereocenters. The fourth-order valence-electron chi connectivity index (χ4n) is 2.49. The summed E-state index contributed by atoms with van der Waals surface area (Å²) in [6.07, 6.45) is 0. The van der Waals surface area contributed by atoms with Crippen LogP contribution in [0.5, 0.6) is 0 Å². The van der Waals surface area contributed by atoms with Gasteiger partial charge >= 0.3 is 5.97 Å². The van der Waals surface area contributed by atoms with Crippen LogP contribution in [0.25, 0.3) is 5.69 Å². The van der Waals surface area contributed by atoms with Crippen LogP contribution in [0, 0.1) is 13.8 Å². The molecule has 5 nitrogen and oxygen atoms in total. The summed E-state index contributed by atoms with van der Waals surface area (Å²) in [6, 6.07) is 16.8.